The van der Waals surface area contributed by atoms with Crippen molar-refractivity contribution in [3.8, 4) is 11.5 Å². The van der Waals surface area contributed by atoms with Crippen molar-refractivity contribution in [1.82, 2.24) is 20.4 Å². The van der Waals surface area contributed by atoms with E-state index in [0.29, 0.717) is 50.6 Å². The molecule has 0 saturated carbocycles. The summed E-state index contributed by atoms with van der Waals surface area (Å²) in [4.78, 5) is 40.9. The molecule has 1 aromatic rings. The second kappa shape index (κ2) is 16.3. The van der Waals surface area contributed by atoms with Crippen molar-refractivity contribution in [1.29, 1.82) is 0 Å². The molecule has 1 aliphatic rings. The highest BCUT2D eigenvalue weighted by molar-refractivity contribution is 5.76. The Hall–Kier alpha value is -3.01. The summed E-state index contributed by atoms with van der Waals surface area (Å²) in [5.74, 6) is 1.45. The number of unbranched alkanes of at least 4 members (excludes halogenated alkanes) is 3. The highest BCUT2D eigenvalue weighted by Crippen LogP contribution is 2.29. The number of likely N-dealkylation sites (N-methyl/N-ethyl adjacent to an activating group) is 1. The number of nitrogens with one attached hydrogen (secondary N) is 2. The van der Waals surface area contributed by atoms with Crippen LogP contribution in [0.4, 0.5) is 9.59 Å². The molecule has 0 radical (unpaired) electrons. The molecule has 2 N–H and O–H groups in total. The fraction of sp³-hybridized carbons (Fsp3) is 0.700. The number of amides is 3. The van der Waals surface area contributed by atoms with E-state index in [4.69, 9.17) is 14.2 Å². The van der Waals surface area contributed by atoms with Crippen LogP contribution in [0.25, 0.3) is 0 Å². The van der Waals surface area contributed by atoms with Crippen molar-refractivity contribution in [3.63, 3.8) is 0 Å². The van der Waals surface area contributed by atoms with E-state index in [1.807, 2.05) is 26.8 Å². The summed E-state index contributed by atoms with van der Waals surface area (Å²) in [7, 11) is 3.17. The summed E-state index contributed by atoms with van der Waals surface area (Å²) < 4.78 is 16.6. The van der Waals surface area contributed by atoms with Crippen molar-refractivity contribution < 1.29 is 28.6 Å². The van der Waals surface area contributed by atoms with Crippen molar-refractivity contribution in [2.45, 2.75) is 91.3 Å². The molecular weight excluding hydrogens is 512 g/mol. The van der Waals surface area contributed by atoms with Crippen LogP contribution in [-0.4, -0.2) is 79.9 Å². The van der Waals surface area contributed by atoms with Gasteiger partial charge in [0, 0.05) is 46.2 Å². The molecule has 0 aliphatic carbocycles. The second-order valence-electron chi connectivity index (χ2n) is 11.9. The van der Waals surface area contributed by atoms with Gasteiger partial charge in [0.15, 0.2) is 11.5 Å². The summed E-state index contributed by atoms with van der Waals surface area (Å²) in [5, 5.41) is 6.23. The van der Waals surface area contributed by atoms with Crippen molar-refractivity contribution in [3.05, 3.63) is 23.8 Å². The van der Waals surface area contributed by atoms with E-state index in [1.54, 1.807) is 24.1 Å². The maximum absolute atomic E-state index is 13.2. The molecule has 1 fully saturated rings. The lowest BCUT2D eigenvalue weighted by Crippen LogP contribution is -2.58. The van der Waals surface area contributed by atoms with Crippen molar-refractivity contribution in [2.75, 3.05) is 40.3 Å². The van der Waals surface area contributed by atoms with E-state index in [-0.39, 0.29) is 11.9 Å². The molecule has 1 unspecified atom stereocenters. The van der Waals surface area contributed by atoms with Gasteiger partial charge in [0.05, 0.1) is 13.2 Å². The molecule has 1 atom stereocenters. The predicted octanol–water partition coefficient (Wildman–Crippen LogP) is 4.95. The molecule has 1 aliphatic heterocycles. The first-order chi connectivity index (χ1) is 18.9. The van der Waals surface area contributed by atoms with Crippen LogP contribution >= 0.6 is 0 Å². The Morgan fingerprint density at radius 2 is 1.85 bits per heavy atom. The lowest BCUT2D eigenvalue weighted by molar-refractivity contribution is -0.121. The van der Waals surface area contributed by atoms with Gasteiger partial charge >= 0.3 is 12.2 Å². The van der Waals surface area contributed by atoms with E-state index in [9.17, 15) is 14.4 Å². The molecule has 40 heavy (non-hydrogen) atoms. The first kappa shape index (κ1) is 33.2. The number of ether oxygens (including phenoxy) is 3. The molecule has 1 aromatic carbocycles. The van der Waals surface area contributed by atoms with Crippen LogP contribution in [0.5, 0.6) is 11.5 Å². The van der Waals surface area contributed by atoms with Crippen LogP contribution in [0.3, 0.4) is 0 Å². The molecule has 0 aromatic heterocycles. The molecule has 3 amide bonds. The van der Waals surface area contributed by atoms with E-state index >= 15 is 0 Å². The Labute approximate surface area is 240 Å². The number of hydrogen-bond acceptors (Lipinski definition) is 7. The fourth-order valence-electron chi connectivity index (χ4n) is 4.43. The van der Waals surface area contributed by atoms with Gasteiger partial charge in [0.25, 0.3) is 0 Å². The highest BCUT2D eigenvalue weighted by atomic mass is 16.6. The van der Waals surface area contributed by atoms with Crippen molar-refractivity contribution in [2.24, 2.45) is 5.92 Å². The third-order valence-electron chi connectivity index (χ3n) is 6.62. The van der Waals surface area contributed by atoms with Gasteiger partial charge in [-0.2, -0.15) is 0 Å². The van der Waals surface area contributed by atoms with Gasteiger partial charge < -0.3 is 34.6 Å². The minimum atomic E-state index is -0.604. The maximum atomic E-state index is 13.2. The fourth-order valence-corrected chi connectivity index (χ4v) is 4.43. The highest BCUT2D eigenvalue weighted by Gasteiger charge is 2.31. The number of carbonyl (C=O) groups is 3. The number of nitrogens with zero attached hydrogens (tertiary/aromatic N) is 2. The molecule has 0 bridgehead atoms. The largest absolute Gasteiger partial charge is 0.493 e. The average molecular weight is 563 g/mol. The average Bonchev–Trinajstić information content (AvgIpc) is 2.89. The molecule has 226 valence electrons. The number of rotatable bonds is 13. The summed E-state index contributed by atoms with van der Waals surface area (Å²) in [6.45, 7) is 12.2. The standard InChI is InChI=1S/C30H50N4O6/c1-22(2)12-10-8-9-11-13-27(35)32-19-23-14-15-25(26(18-23)38-7)39-29(37)34-17-16-31-20-24(34)21-33(6)28(36)40-30(3,4)5/h14-15,18,22,24,31H,8-13,16-17,19-21H2,1-7H3,(H,32,35). The monoisotopic (exact) mass is 562 g/mol. The van der Waals surface area contributed by atoms with Crippen LogP contribution < -0.4 is 20.1 Å². The SMILES string of the molecule is COc1cc(CNC(=O)CCCCCCC(C)C)ccc1OC(=O)N1CCNCC1CN(C)C(=O)OC(C)(C)C. The summed E-state index contributed by atoms with van der Waals surface area (Å²) >= 11 is 0. The Morgan fingerprint density at radius 3 is 2.52 bits per heavy atom. The molecular formula is C30H50N4O6. The van der Waals surface area contributed by atoms with Crippen molar-refractivity contribution >= 4 is 18.1 Å². The molecule has 1 heterocycles. The molecule has 0 spiro atoms. The van der Waals surface area contributed by atoms with Crippen LogP contribution in [-0.2, 0) is 16.1 Å². The third-order valence-corrected chi connectivity index (χ3v) is 6.62. The van der Waals surface area contributed by atoms with Crippen LogP contribution in [0.15, 0.2) is 18.2 Å². The lowest BCUT2D eigenvalue weighted by Gasteiger charge is -2.37. The van der Waals surface area contributed by atoms with Gasteiger partial charge in [-0.05, 0) is 50.8 Å². The van der Waals surface area contributed by atoms with Crippen LogP contribution in [0.2, 0.25) is 0 Å². The minimum absolute atomic E-state index is 0.0273. The van der Waals surface area contributed by atoms with Gasteiger partial charge in [-0.15, -0.1) is 0 Å². The van der Waals surface area contributed by atoms with E-state index in [0.717, 1.165) is 30.7 Å². The van der Waals surface area contributed by atoms with Gasteiger partial charge in [-0.25, -0.2) is 9.59 Å². The number of benzene rings is 1. The first-order valence-electron chi connectivity index (χ1n) is 14.5. The Balaban J connectivity index is 1.89. The maximum Gasteiger partial charge on any atom is 0.415 e. The van der Waals surface area contributed by atoms with Gasteiger partial charge in [0.2, 0.25) is 5.91 Å². The van der Waals surface area contributed by atoms with Crippen LogP contribution in [0.1, 0.15) is 78.7 Å². The number of methoxy groups -OCH3 is 1. The third kappa shape index (κ3) is 12.0. The first-order valence-corrected chi connectivity index (χ1v) is 14.5. The zero-order valence-electron chi connectivity index (χ0n) is 25.5. The number of hydrogen-bond donors (Lipinski definition) is 2. The summed E-state index contributed by atoms with van der Waals surface area (Å²) in [6, 6.07) is 4.97. The van der Waals surface area contributed by atoms with Crippen LogP contribution in [0, 0.1) is 5.92 Å². The zero-order valence-corrected chi connectivity index (χ0v) is 25.5. The second-order valence-corrected chi connectivity index (χ2v) is 11.9. The minimum Gasteiger partial charge on any atom is -0.493 e. The summed E-state index contributed by atoms with van der Waals surface area (Å²) in [5.41, 5.74) is 0.244. The summed E-state index contributed by atoms with van der Waals surface area (Å²) in [6.07, 6.45) is 5.13. The Kier molecular flexibility index (Phi) is 13.5. The van der Waals surface area contributed by atoms with Gasteiger partial charge in [-0.1, -0.05) is 45.6 Å². The topological polar surface area (TPSA) is 109 Å². The zero-order chi connectivity index (χ0) is 29.7. The molecule has 10 nitrogen and oxygen atoms in total. The van der Waals surface area contributed by atoms with Gasteiger partial charge in [0.1, 0.15) is 5.60 Å². The Morgan fingerprint density at radius 1 is 1.12 bits per heavy atom. The Bertz CT molecular complexity index is 962. The smallest absolute Gasteiger partial charge is 0.415 e. The van der Waals surface area contributed by atoms with E-state index < -0.39 is 17.8 Å². The lowest BCUT2D eigenvalue weighted by atomic mass is 10.0. The number of carbonyl (C=O) groups excluding carboxylic acids is 3. The molecule has 10 heteroatoms. The van der Waals surface area contributed by atoms with E-state index in [1.165, 1.54) is 24.9 Å². The normalized spacial score (nSPS) is 15.5. The predicted molar refractivity (Wildman–Crippen MR) is 156 cm³/mol. The molecule has 2 rings (SSSR count). The van der Waals surface area contributed by atoms with Gasteiger partial charge in [-0.3, -0.25) is 4.79 Å². The number of piperazine rings is 1. The molecule has 1 saturated heterocycles. The van der Waals surface area contributed by atoms with E-state index in [2.05, 4.69) is 24.5 Å². The quantitative estimate of drug-likeness (QED) is 0.328.